The molecule has 1 N–H and O–H groups in total. The van der Waals surface area contributed by atoms with Crippen molar-refractivity contribution < 1.29 is 18.0 Å². The molecule has 33 heavy (non-hydrogen) atoms. The smallest absolute Gasteiger partial charge is 0.323 e. The number of aromatic nitrogens is 3. The predicted molar refractivity (Wildman–Crippen MR) is 118 cm³/mol. The normalized spacial score (nSPS) is 15.5. The van der Waals surface area contributed by atoms with E-state index in [9.17, 15) is 18.0 Å². The molecule has 10 heteroatoms. The lowest BCUT2D eigenvalue weighted by molar-refractivity contribution is -0.137. The molecule has 2 heterocycles. The molecule has 1 aromatic heterocycles. The molecule has 0 bridgehead atoms. The van der Waals surface area contributed by atoms with Crippen LogP contribution in [0.2, 0.25) is 0 Å². The van der Waals surface area contributed by atoms with Gasteiger partial charge in [0.2, 0.25) is 5.91 Å². The second-order valence-corrected chi connectivity index (χ2v) is 8.10. The molecule has 0 radical (unpaired) electrons. The van der Waals surface area contributed by atoms with Crippen molar-refractivity contribution in [3.05, 3.63) is 71.8 Å². The summed E-state index contributed by atoms with van der Waals surface area (Å²) in [7, 11) is 0. The second-order valence-electron chi connectivity index (χ2n) is 8.10. The maximum atomic E-state index is 13.2. The van der Waals surface area contributed by atoms with Crippen LogP contribution in [0.1, 0.15) is 16.7 Å². The maximum Gasteiger partial charge on any atom is 0.416 e. The lowest BCUT2D eigenvalue weighted by atomic mass is 10.1. The van der Waals surface area contributed by atoms with Crippen molar-refractivity contribution in [3.63, 3.8) is 0 Å². The largest absolute Gasteiger partial charge is 0.416 e. The molecule has 174 valence electrons. The number of alkyl halides is 3. The van der Waals surface area contributed by atoms with Crippen LogP contribution < -0.4 is 5.32 Å². The van der Waals surface area contributed by atoms with Crippen LogP contribution in [0.5, 0.6) is 0 Å². The highest BCUT2D eigenvalue weighted by Gasteiger charge is 2.31. The van der Waals surface area contributed by atoms with Gasteiger partial charge in [-0.05, 0) is 36.2 Å². The Hall–Kier alpha value is -3.24. The van der Waals surface area contributed by atoms with E-state index in [0.29, 0.717) is 18.8 Å². The zero-order chi connectivity index (χ0) is 23.4. The van der Waals surface area contributed by atoms with Crippen LogP contribution in [0.25, 0.3) is 5.69 Å². The van der Waals surface area contributed by atoms with E-state index in [2.05, 4.69) is 39.4 Å². The third-order valence-corrected chi connectivity index (χ3v) is 5.75. The van der Waals surface area contributed by atoms with Gasteiger partial charge in [-0.15, -0.1) is 0 Å². The van der Waals surface area contributed by atoms with Crippen LogP contribution in [0.4, 0.5) is 18.9 Å². The first-order chi connectivity index (χ1) is 15.8. The molecular weight excluding hydrogens is 433 g/mol. The number of halogens is 3. The third kappa shape index (κ3) is 5.77. The standard InChI is InChI=1S/C23H25F3N6O/c1-17-4-2-3-5-18(17)13-30-8-10-31(11-9-30)14-22(33)29-20-12-19(23(24,25)26)6-7-21(20)32-16-27-15-28-32/h2-7,12,15-16H,8-11,13-14H2,1H3,(H,29,33). The van der Waals surface area contributed by atoms with E-state index in [1.54, 1.807) is 0 Å². The zero-order valence-corrected chi connectivity index (χ0v) is 18.2. The van der Waals surface area contributed by atoms with Crippen molar-refractivity contribution in [1.82, 2.24) is 24.6 Å². The Morgan fingerprint density at radius 1 is 1.06 bits per heavy atom. The summed E-state index contributed by atoms with van der Waals surface area (Å²) >= 11 is 0. The molecule has 0 unspecified atom stereocenters. The van der Waals surface area contributed by atoms with Crippen molar-refractivity contribution in [2.45, 2.75) is 19.6 Å². The molecule has 1 amide bonds. The number of hydrogen-bond donors (Lipinski definition) is 1. The first kappa shape index (κ1) is 22.9. The molecule has 7 nitrogen and oxygen atoms in total. The van der Waals surface area contributed by atoms with Crippen LogP contribution in [-0.4, -0.2) is 63.2 Å². The Morgan fingerprint density at radius 3 is 2.45 bits per heavy atom. The van der Waals surface area contributed by atoms with Gasteiger partial charge in [0, 0.05) is 32.7 Å². The van der Waals surface area contributed by atoms with Gasteiger partial charge in [-0.2, -0.15) is 18.3 Å². The maximum absolute atomic E-state index is 13.2. The fourth-order valence-corrected chi connectivity index (χ4v) is 3.87. The van der Waals surface area contributed by atoms with E-state index < -0.39 is 11.7 Å². The lowest BCUT2D eigenvalue weighted by Crippen LogP contribution is -2.48. The molecule has 3 aromatic rings. The minimum absolute atomic E-state index is 0.0403. The van der Waals surface area contributed by atoms with Gasteiger partial charge in [-0.1, -0.05) is 24.3 Å². The van der Waals surface area contributed by atoms with Crippen LogP contribution in [0, 0.1) is 6.92 Å². The van der Waals surface area contributed by atoms with Crippen molar-refractivity contribution in [3.8, 4) is 5.69 Å². The molecule has 0 aliphatic carbocycles. The van der Waals surface area contributed by atoms with Gasteiger partial charge >= 0.3 is 6.18 Å². The van der Waals surface area contributed by atoms with E-state index in [1.165, 1.54) is 34.5 Å². The van der Waals surface area contributed by atoms with E-state index >= 15 is 0 Å². The fourth-order valence-electron chi connectivity index (χ4n) is 3.87. The summed E-state index contributed by atoms with van der Waals surface area (Å²) in [5, 5.41) is 6.60. The Labute approximate surface area is 189 Å². The second kappa shape index (κ2) is 9.72. The molecule has 2 aromatic carbocycles. The minimum Gasteiger partial charge on any atom is -0.323 e. The Bertz CT molecular complexity index is 1090. The molecule has 4 rings (SSSR count). The fraction of sp³-hybridized carbons (Fsp3) is 0.348. The highest BCUT2D eigenvalue weighted by atomic mass is 19.4. The number of nitrogens with zero attached hydrogens (tertiary/aromatic N) is 5. The van der Waals surface area contributed by atoms with E-state index in [-0.39, 0.29) is 18.1 Å². The molecule has 0 spiro atoms. The number of hydrogen-bond acceptors (Lipinski definition) is 5. The lowest BCUT2D eigenvalue weighted by Gasteiger charge is -2.34. The van der Waals surface area contributed by atoms with Gasteiger partial charge < -0.3 is 5.32 Å². The quantitative estimate of drug-likeness (QED) is 0.614. The number of carbonyl (C=O) groups excluding carboxylic acids is 1. The molecule has 1 aliphatic rings. The van der Waals surface area contributed by atoms with Gasteiger partial charge in [0.15, 0.2) is 0 Å². The summed E-state index contributed by atoms with van der Waals surface area (Å²) in [6.45, 7) is 6.10. The van der Waals surface area contributed by atoms with Gasteiger partial charge in [0.05, 0.1) is 23.5 Å². The van der Waals surface area contributed by atoms with Crippen molar-refractivity contribution in [1.29, 1.82) is 0 Å². The van der Waals surface area contributed by atoms with Crippen LogP contribution >= 0.6 is 0 Å². The molecule has 0 atom stereocenters. The number of anilines is 1. The molecule has 1 saturated heterocycles. The average molecular weight is 458 g/mol. The van der Waals surface area contributed by atoms with Crippen molar-refractivity contribution in [2.75, 3.05) is 38.0 Å². The summed E-state index contributed by atoms with van der Waals surface area (Å²) in [6, 6.07) is 11.4. The number of rotatable bonds is 6. The SMILES string of the molecule is Cc1ccccc1CN1CCN(CC(=O)Nc2cc(C(F)(F)F)ccc2-n2cncn2)CC1. The minimum atomic E-state index is -4.52. The highest BCUT2D eigenvalue weighted by molar-refractivity contribution is 5.94. The Kier molecular flexibility index (Phi) is 6.75. The topological polar surface area (TPSA) is 66.3 Å². The first-order valence-corrected chi connectivity index (χ1v) is 10.6. The van der Waals surface area contributed by atoms with E-state index in [0.717, 1.165) is 31.8 Å². The first-order valence-electron chi connectivity index (χ1n) is 10.6. The van der Waals surface area contributed by atoms with Crippen LogP contribution in [0.15, 0.2) is 55.1 Å². The Balaban J connectivity index is 1.37. The van der Waals surface area contributed by atoms with E-state index in [1.807, 2.05) is 17.0 Å². The van der Waals surface area contributed by atoms with E-state index in [4.69, 9.17) is 0 Å². The summed E-state index contributed by atoms with van der Waals surface area (Å²) in [6.07, 6.45) is -1.88. The summed E-state index contributed by atoms with van der Waals surface area (Å²) < 4.78 is 40.9. The zero-order valence-electron chi connectivity index (χ0n) is 18.2. The van der Waals surface area contributed by atoms with Crippen LogP contribution in [0.3, 0.4) is 0 Å². The summed E-state index contributed by atoms with van der Waals surface area (Å²) in [4.78, 5) is 20.9. The number of carbonyl (C=O) groups is 1. The molecule has 1 aliphatic heterocycles. The number of nitrogens with one attached hydrogen (secondary N) is 1. The Morgan fingerprint density at radius 2 is 1.79 bits per heavy atom. The molecular formula is C23H25F3N6O. The molecule has 1 fully saturated rings. The van der Waals surface area contributed by atoms with Gasteiger partial charge in [0.25, 0.3) is 0 Å². The average Bonchev–Trinajstić information content (AvgIpc) is 3.31. The number of amides is 1. The number of piperazine rings is 1. The van der Waals surface area contributed by atoms with Crippen LogP contribution in [-0.2, 0) is 17.5 Å². The van der Waals surface area contributed by atoms with Gasteiger partial charge in [-0.25, -0.2) is 9.67 Å². The summed E-state index contributed by atoms with van der Waals surface area (Å²) in [5.41, 5.74) is 2.05. The summed E-state index contributed by atoms with van der Waals surface area (Å²) in [5.74, 6) is -0.372. The number of aryl methyl sites for hydroxylation is 1. The predicted octanol–water partition coefficient (Wildman–Crippen LogP) is 3.35. The van der Waals surface area contributed by atoms with Gasteiger partial charge in [-0.3, -0.25) is 14.6 Å². The van der Waals surface area contributed by atoms with Gasteiger partial charge in [0.1, 0.15) is 12.7 Å². The van der Waals surface area contributed by atoms with Crippen molar-refractivity contribution in [2.24, 2.45) is 0 Å². The third-order valence-electron chi connectivity index (χ3n) is 5.75. The van der Waals surface area contributed by atoms with Crippen molar-refractivity contribution >= 4 is 11.6 Å². The monoisotopic (exact) mass is 458 g/mol. The highest BCUT2D eigenvalue weighted by Crippen LogP contribution is 2.33. The molecule has 0 saturated carbocycles. The number of benzene rings is 2.